The fraction of sp³-hybridized carbons (Fsp3) is 0.188. The molecule has 0 saturated heterocycles. The first-order valence-electron chi connectivity index (χ1n) is 6.91. The number of nitroso groups, excluding NO2 is 1. The summed E-state index contributed by atoms with van der Waals surface area (Å²) in [6, 6.07) is 12.4. The molecular weight excluding hydrogens is 316 g/mol. The topological polar surface area (TPSA) is 91.0 Å². The van der Waals surface area contributed by atoms with Crippen molar-refractivity contribution in [1.82, 2.24) is 0 Å². The first kappa shape index (κ1) is 16.8. The Kier molecular flexibility index (Phi) is 5.99. The molecule has 6 nitrogen and oxygen atoms in total. The third-order valence-corrected chi connectivity index (χ3v) is 3.79. The fourth-order valence-corrected chi connectivity index (χ4v) is 2.61. The van der Waals surface area contributed by atoms with E-state index in [1.165, 1.54) is 11.8 Å². The monoisotopic (exact) mass is 332 g/mol. The summed E-state index contributed by atoms with van der Waals surface area (Å²) in [6.07, 6.45) is 0. The van der Waals surface area contributed by atoms with Crippen LogP contribution >= 0.6 is 11.8 Å². The summed E-state index contributed by atoms with van der Waals surface area (Å²) in [4.78, 5) is 24.0. The van der Waals surface area contributed by atoms with Crippen molar-refractivity contribution in [2.45, 2.75) is 16.7 Å². The zero-order valence-electron chi connectivity index (χ0n) is 12.5. The molecule has 0 unspecified atom stereocenters. The Hall–Kier alpha value is -2.54. The lowest BCUT2D eigenvalue weighted by atomic mass is 10.3. The molecule has 2 rings (SSSR count). The van der Waals surface area contributed by atoms with Gasteiger partial charge in [-0.05, 0) is 54.6 Å². The Morgan fingerprint density at radius 2 is 1.87 bits per heavy atom. The van der Waals surface area contributed by atoms with E-state index < -0.39 is 5.97 Å². The molecule has 2 N–H and O–H groups in total. The zero-order valence-corrected chi connectivity index (χ0v) is 13.3. The van der Waals surface area contributed by atoms with Gasteiger partial charge in [0.15, 0.2) is 12.4 Å². The average Bonchev–Trinajstić information content (AvgIpc) is 2.55. The minimum atomic E-state index is -0.499. The van der Waals surface area contributed by atoms with Gasteiger partial charge in [-0.3, -0.25) is 0 Å². The van der Waals surface area contributed by atoms with Crippen LogP contribution in [0.15, 0.2) is 57.4 Å². The molecule has 0 bridgehead atoms. The molecule has 0 spiro atoms. The lowest BCUT2D eigenvalue weighted by Gasteiger charge is -2.09. The zero-order chi connectivity index (χ0) is 16.7. The van der Waals surface area contributed by atoms with Gasteiger partial charge in [-0.1, -0.05) is 11.8 Å². The van der Waals surface area contributed by atoms with Crippen molar-refractivity contribution in [3.63, 3.8) is 0 Å². The molecule has 0 fully saturated rings. The summed E-state index contributed by atoms with van der Waals surface area (Å²) in [5, 5.41) is 2.90. The van der Waals surface area contributed by atoms with E-state index in [0.29, 0.717) is 5.69 Å². The summed E-state index contributed by atoms with van der Waals surface area (Å²) in [5.74, 6) is -0.255. The maximum atomic E-state index is 11.4. The maximum Gasteiger partial charge on any atom is 0.344 e. The van der Waals surface area contributed by atoms with E-state index in [2.05, 4.69) is 5.18 Å². The standard InChI is InChI=1S/C16H16N2O4S/c1-2-21-16(19)10-22-15-9-13(7-8-14(15)18-20)23-12-5-3-11(17)4-6-12/h3-9H,2,10,17H2,1H3. The van der Waals surface area contributed by atoms with Crippen molar-refractivity contribution >= 4 is 29.1 Å². The van der Waals surface area contributed by atoms with Crippen LogP contribution < -0.4 is 10.5 Å². The van der Waals surface area contributed by atoms with E-state index in [0.717, 1.165) is 9.79 Å². The maximum absolute atomic E-state index is 11.4. The van der Waals surface area contributed by atoms with Crippen molar-refractivity contribution < 1.29 is 14.3 Å². The van der Waals surface area contributed by atoms with E-state index in [1.54, 1.807) is 25.1 Å². The van der Waals surface area contributed by atoms with Gasteiger partial charge in [-0.2, -0.15) is 0 Å². The SMILES string of the molecule is CCOC(=O)COc1cc(Sc2ccc(N)cc2)ccc1N=O. The van der Waals surface area contributed by atoms with Gasteiger partial charge in [0.25, 0.3) is 0 Å². The van der Waals surface area contributed by atoms with E-state index >= 15 is 0 Å². The van der Waals surface area contributed by atoms with Crippen molar-refractivity contribution in [3.8, 4) is 5.75 Å². The first-order valence-corrected chi connectivity index (χ1v) is 7.73. The molecule has 0 aliphatic heterocycles. The van der Waals surface area contributed by atoms with Crippen molar-refractivity contribution in [2.75, 3.05) is 18.9 Å². The number of nitrogens with two attached hydrogens (primary N) is 1. The number of carbonyl (C=O) groups excluding carboxylic acids is 1. The number of anilines is 1. The average molecular weight is 332 g/mol. The van der Waals surface area contributed by atoms with Crippen LogP contribution in [-0.4, -0.2) is 19.2 Å². The van der Waals surface area contributed by atoms with Crippen LogP contribution in [0.3, 0.4) is 0 Å². The van der Waals surface area contributed by atoms with E-state index in [4.69, 9.17) is 15.2 Å². The predicted octanol–water partition coefficient (Wildman–Crippen LogP) is 3.76. The van der Waals surface area contributed by atoms with Gasteiger partial charge in [0.1, 0.15) is 5.69 Å². The molecule has 0 aromatic heterocycles. The van der Waals surface area contributed by atoms with E-state index in [9.17, 15) is 9.70 Å². The third-order valence-electron chi connectivity index (χ3n) is 2.80. The Morgan fingerprint density at radius 1 is 1.17 bits per heavy atom. The number of ether oxygens (including phenoxy) is 2. The van der Waals surface area contributed by atoms with Gasteiger partial charge in [-0.15, -0.1) is 4.91 Å². The minimum Gasteiger partial charge on any atom is -0.479 e. The quantitative estimate of drug-likeness (QED) is 0.471. The Bertz CT molecular complexity index is 689. The molecule has 7 heteroatoms. The number of nitrogens with zero attached hydrogens (tertiary/aromatic N) is 1. The molecule has 0 amide bonds. The normalized spacial score (nSPS) is 10.1. The summed E-state index contributed by atoms with van der Waals surface area (Å²) in [5.41, 5.74) is 6.48. The highest BCUT2D eigenvalue weighted by molar-refractivity contribution is 7.99. The second-order valence-corrected chi connectivity index (χ2v) is 5.63. The summed E-state index contributed by atoms with van der Waals surface area (Å²) < 4.78 is 10.1. The molecule has 2 aromatic carbocycles. The molecule has 0 saturated carbocycles. The second-order valence-electron chi connectivity index (χ2n) is 4.49. The van der Waals surface area contributed by atoms with E-state index in [-0.39, 0.29) is 24.7 Å². The molecule has 0 heterocycles. The number of hydrogen-bond donors (Lipinski definition) is 1. The van der Waals surface area contributed by atoms with Crippen LogP contribution in [0, 0.1) is 4.91 Å². The van der Waals surface area contributed by atoms with Crippen LogP contribution in [0.5, 0.6) is 5.75 Å². The molecule has 0 aliphatic rings. The first-order chi connectivity index (χ1) is 11.1. The Morgan fingerprint density at radius 3 is 2.52 bits per heavy atom. The number of carbonyl (C=O) groups is 1. The summed E-state index contributed by atoms with van der Waals surface area (Å²) in [7, 11) is 0. The molecule has 0 atom stereocenters. The molecule has 0 radical (unpaired) electrons. The molecule has 0 aliphatic carbocycles. The smallest absolute Gasteiger partial charge is 0.344 e. The molecular formula is C16H16N2O4S. The summed E-state index contributed by atoms with van der Waals surface area (Å²) >= 11 is 1.48. The van der Waals surface area contributed by atoms with Gasteiger partial charge in [0.2, 0.25) is 0 Å². The van der Waals surface area contributed by atoms with Gasteiger partial charge in [0.05, 0.1) is 6.61 Å². The highest BCUT2D eigenvalue weighted by Gasteiger charge is 2.10. The van der Waals surface area contributed by atoms with Crippen LogP contribution in [0.2, 0.25) is 0 Å². The minimum absolute atomic E-state index is 0.135. The molecule has 2 aromatic rings. The van der Waals surface area contributed by atoms with Crippen LogP contribution in [0.25, 0.3) is 0 Å². The number of esters is 1. The number of hydrogen-bond acceptors (Lipinski definition) is 7. The van der Waals surface area contributed by atoms with Gasteiger partial charge in [-0.25, -0.2) is 4.79 Å². The molecule has 23 heavy (non-hydrogen) atoms. The Balaban J connectivity index is 2.12. The fourth-order valence-electron chi connectivity index (χ4n) is 1.76. The van der Waals surface area contributed by atoms with Crippen LogP contribution in [0.1, 0.15) is 6.92 Å². The number of benzene rings is 2. The largest absolute Gasteiger partial charge is 0.479 e. The van der Waals surface area contributed by atoms with Crippen LogP contribution in [-0.2, 0) is 9.53 Å². The Labute approximate surface area is 137 Å². The van der Waals surface area contributed by atoms with Gasteiger partial charge in [0, 0.05) is 15.5 Å². The van der Waals surface area contributed by atoms with E-state index in [1.807, 2.05) is 24.3 Å². The number of nitrogen functional groups attached to an aromatic ring is 1. The number of rotatable bonds is 7. The van der Waals surface area contributed by atoms with Crippen molar-refractivity contribution in [1.29, 1.82) is 0 Å². The van der Waals surface area contributed by atoms with Gasteiger partial charge < -0.3 is 15.2 Å². The van der Waals surface area contributed by atoms with Crippen LogP contribution in [0.4, 0.5) is 11.4 Å². The second kappa shape index (κ2) is 8.19. The third kappa shape index (κ3) is 5.00. The predicted molar refractivity (Wildman–Crippen MR) is 89.0 cm³/mol. The molecule has 120 valence electrons. The highest BCUT2D eigenvalue weighted by atomic mass is 32.2. The van der Waals surface area contributed by atoms with Gasteiger partial charge >= 0.3 is 5.97 Å². The lowest BCUT2D eigenvalue weighted by Crippen LogP contribution is -2.14. The highest BCUT2D eigenvalue weighted by Crippen LogP contribution is 2.35. The lowest BCUT2D eigenvalue weighted by molar-refractivity contribution is -0.145. The van der Waals surface area contributed by atoms with Crippen molar-refractivity contribution in [2.24, 2.45) is 5.18 Å². The van der Waals surface area contributed by atoms with Crippen molar-refractivity contribution in [3.05, 3.63) is 47.4 Å². The summed E-state index contributed by atoms with van der Waals surface area (Å²) in [6.45, 7) is 1.71.